The first kappa shape index (κ1) is 27.5. The molecular formula is C27H27F6N3O2. The number of benzene rings is 2. The van der Waals surface area contributed by atoms with Crippen LogP contribution in [0.25, 0.3) is 6.08 Å². The Kier molecular flexibility index (Phi) is 7.24. The molecule has 204 valence electrons. The van der Waals surface area contributed by atoms with Crippen molar-refractivity contribution in [3.05, 3.63) is 76.9 Å². The zero-order valence-electron chi connectivity index (χ0n) is 20.8. The number of piperazine rings is 1. The number of fused-ring (bicyclic) bond motifs is 1. The monoisotopic (exact) mass is 539 g/mol. The fourth-order valence-corrected chi connectivity index (χ4v) is 5.30. The number of urea groups is 1. The molecule has 2 heterocycles. The third kappa shape index (κ3) is 5.10. The highest BCUT2D eigenvalue weighted by molar-refractivity contribution is 5.81. The first-order chi connectivity index (χ1) is 17.7. The molecule has 0 aliphatic carbocycles. The van der Waals surface area contributed by atoms with Crippen molar-refractivity contribution in [3.63, 3.8) is 0 Å². The van der Waals surface area contributed by atoms with Gasteiger partial charge in [0.2, 0.25) is 5.91 Å². The molecule has 0 unspecified atom stereocenters. The van der Waals surface area contributed by atoms with Gasteiger partial charge in [0.25, 0.3) is 0 Å². The Labute approximate surface area is 216 Å². The van der Waals surface area contributed by atoms with Crippen molar-refractivity contribution in [2.24, 2.45) is 0 Å². The predicted octanol–water partition coefficient (Wildman–Crippen LogP) is 6.53. The van der Waals surface area contributed by atoms with Crippen molar-refractivity contribution in [1.82, 2.24) is 14.7 Å². The van der Waals surface area contributed by atoms with E-state index < -0.39 is 41.6 Å². The average Bonchev–Trinajstić information content (AvgIpc) is 3.26. The SMILES string of the molecule is C=Cc1ccccc1[C@H]1[C@@H]2CCC(=O)N2CCN1C(=O)N(C)[C@H](C)c1cc(C(F)(F)F)cc(C(F)(F)F)c1. The number of carbonyl (C=O) groups excluding carboxylic acids is 2. The van der Waals surface area contributed by atoms with Gasteiger partial charge < -0.3 is 14.7 Å². The van der Waals surface area contributed by atoms with E-state index in [2.05, 4.69) is 6.58 Å². The summed E-state index contributed by atoms with van der Waals surface area (Å²) in [6, 6.07) is 6.08. The van der Waals surface area contributed by atoms with Gasteiger partial charge in [0.1, 0.15) is 0 Å². The summed E-state index contributed by atoms with van der Waals surface area (Å²) in [6.45, 7) is 5.66. The molecule has 2 aliphatic rings. The second-order valence-electron chi connectivity index (χ2n) is 9.57. The molecule has 11 heteroatoms. The molecule has 0 bridgehead atoms. The van der Waals surface area contributed by atoms with Gasteiger partial charge in [-0.15, -0.1) is 0 Å². The second kappa shape index (κ2) is 9.99. The highest BCUT2D eigenvalue weighted by Crippen LogP contribution is 2.41. The van der Waals surface area contributed by atoms with Gasteiger partial charge in [-0.05, 0) is 48.2 Å². The predicted molar refractivity (Wildman–Crippen MR) is 129 cm³/mol. The normalized spacial score (nSPS) is 20.8. The number of halogens is 6. The van der Waals surface area contributed by atoms with Gasteiger partial charge in [-0.3, -0.25) is 4.79 Å². The minimum absolute atomic E-state index is 0.0199. The summed E-state index contributed by atoms with van der Waals surface area (Å²) >= 11 is 0. The molecule has 2 aromatic rings. The molecule has 3 atom stereocenters. The highest BCUT2D eigenvalue weighted by atomic mass is 19.4. The van der Waals surface area contributed by atoms with E-state index in [0.717, 1.165) is 16.0 Å². The minimum Gasteiger partial charge on any atom is -0.335 e. The maximum atomic E-state index is 13.8. The zero-order chi connectivity index (χ0) is 28.0. The summed E-state index contributed by atoms with van der Waals surface area (Å²) in [5, 5.41) is 0. The Morgan fingerprint density at radius 3 is 2.24 bits per heavy atom. The van der Waals surface area contributed by atoms with Crippen molar-refractivity contribution in [2.45, 2.75) is 50.2 Å². The zero-order valence-corrected chi connectivity index (χ0v) is 20.8. The van der Waals surface area contributed by atoms with Crippen LogP contribution in [0.4, 0.5) is 31.1 Å². The van der Waals surface area contributed by atoms with Crippen molar-refractivity contribution in [1.29, 1.82) is 0 Å². The Hall–Kier alpha value is -3.50. The molecule has 4 rings (SSSR count). The number of hydrogen-bond donors (Lipinski definition) is 0. The molecule has 0 N–H and O–H groups in total. The molecule has 2 saturated heterocycles. The van der Waals surface area contributed by atoms with Gasteiger partial charge in [0.05, 0.1) is 29.3 Å². The van der Waals surface area contributed by atoms with Crippen molar-refractivity contribution >= 4 is 18.0 Å². The van der Waals surface area contributed by atoms with Crippen LogP contribution in [0.2, 0.25) is 0 Å². The van der Waals surface area contributed by atoms with E-state index in [1.54, 1.807) is 21.9 Å². The summed E-state index contributed by atoms with van der Waals surface area (Å²) < 4.78 is 80.5. The van der Waals surface area contributed by atoms with Gasteiger partial charge in [0.15, 0.2) is 0 Å². The smallest absolute Gasteiger partial charge is 0.335 e. The average molecular weight is 540 g/mol. The van der Waals surface area contributed by atoms with E-state index in [9.17, 15) is 35.9 Å². The van der Waals surface area contributed by atoms with Crippen LogP contribution in [0, 0.1) is 0 Å². The van der Waals surface area contributed by atoms with Crippen LogP contribution >= 0.6 is 0 Å². The number of amides is 3. The number of hydrogen-bond acceptors (Lipinski definition) is 2. The molecule has 5 nitrogen and oxygen atoms in total. The largest absolute Gasteiger partial charge is 0.416 e. The third-order valence-corrected chi connectivity index (χ3v) is 7.41. The molecule has 0 spiro atoms. The van der Waals surface area contributed by atoms with Gasteiger partial charge in [-0.1, -0.05) is 36.9 Å². The molecule has 2 fully saturated rings. The molecule has 0 radical (unpaired) electrons. The van der Waals surface area contributed by atoms with Gasteiger partial charge in [-0.2, -0.15) is 26.3 Å². The first-order valence-corrected chi connectivity index (χ1v) is 12.1. The standard InChI is InChI=1S/C27H27F6N3O2/c1-4-17-7-5-6-8-21(17)24-22-9-10-23(37)35(22)11-12-36(24)25(38)34(3)16(2)18-13-19(26(28,29)30)15-20(14-18)27(31,32)33/h4-8,13-16,22,24H,1,9-12H2,2-3H3/t16-,22+,24+/m1/s1. The molecule has 38 heavy (non-hydrogen) atoms. The topological polar surface area (TPSA) is 43.9 Å². The lowest BCUT2D eigenvalue weighted by Gasteiger charge is -2.47. The molecule has 3 amide bonds. The van der Waals surface area contributed by atoms with E-state index in [-0.39, 0.29) is 36.7 Å². The Bertz CT molecular complexity index is 1210. The van der Waals surface area contributed by atoms with E-state index in [4.69, 9.17) is 0 Å². The van der Waals surface area contributed by atoms with Gasteiger partial charge >= 0.3 is 18.4 Å². The summed E-state index contributed by atoms with van der Waals surface area (Å²) in [7, 11) is 1.35. The van der Waals surface area contributed by atoms with Crippen molar-refractivity contribution < 1.29 is 35.9 Å². The summed E-state index contributed by atoms with van der Waals surface area (Å²) in [6.07, 6.45) is -7.51. The van der Waals surface area contributed by atoms with Crippen LogP contribution in [0.15, 0.2) is 49.0 Å². The lowest BCUT2D eigenvalue weighted by Crippen LogP contribution is -2.57. The van der Waals surface area contributed by atoms with Crippen molar-refractivity contribution in [3.8, 4) is 0 Å². The lowest BCUT2D eigenvalue weighted by atomic mass is 9.90. The summed E-state index contributed by atoms with van der Waals surface area (Å²) in [5.41, 5.74) is -1.64. The number of rotatable bonds is 4. The quantitative estimate of drug-likeness (QED) is 0.415. The Balaban J connectivity index is 1.71. The molecular weight excluding hydrogens is 512 g/mol. The van der Waals surface area contributed by atoms with Crippen molar-refractivity contribution in [2.75, 3.05) is 20.1 Å². The first-order valence-electron chi connectivity index (χ1n) is 12.1. The molecule has 2 aromatic carbocycles. The summed E-state index contributed by atoms with van der Waals surface area (Å²) in [5.74, 6) is -0.0199. The maximum Gasteiger partial charge on any atom is 0.416 e. The van der Waals surface area contributed by atoms with Crippen LogP contribution in [0.3, 0.4) is 0 Å². The molecule has 0 aromatic heterocycles. The number of carbonyl (C=O) groups is 2. The number of alkyl halides is 6. The fourth-order valence-electron chi connectivity index (χ4n) is 5.30. The van der Waals surface area contributed by atoms with Gasteiger partial charge in [-0.25, -0.2) is 4.79 Å². The Morgan fingerprint density at radius 2 is 1.66 bits per heavy atom. The molecule has 0 saturated carbocycles. The molecule has 2 aliphatic heterocycles. The number of nitrogens with zero attached hydrogens (tertiary/aromatic N) is 3. The maximum absolute atomic E-state index is 13.8. The van der Waals surface area contributed by atoms with Crippen LogP contribution in [0.5, 0.6) is 0 Å². The highest BCUT2D eigenvalue weighted by Gasteiger charge is 2.46. The van der Waals surface area contributed by atoms with Crippen LogP contribution < -0.4 is 0 Å². The third-order valence-electron chi connectivity index (χ3n) is 7.41. The summed E-state index contributed by atoms with van der Waals surface area (Å²) in [4.78, 5) is 30.7. The lowest BCUT2D eigenvalue weighted by molar-refractivity contribution is -0.143. The van der Waals surface area contributed by atoms with Crippen LogP contribution in [-0.2, 0) is 17.1 Å². The van der Waals surface area contributed by atoms with Crippen LogP contribution in [-0.4, -0.2) is 52.8 Å². The van der Waals surface area contributed by atoms with Gasteiger partial charge in [0, 0.05) is 26.6 Å². The van der Waals surface area contributed by atoms with Crippen LogP contribution in [0.1, 0.15) is 59.7 Å². The Morgan fingerprint density at radius 1 is 1.05 bits per heavy atom. The van der Waals surface area contributed by atoms with E-state index >= 15 is 0 Å². The van der Waals surface area contributed by atoms with E-state index in [1.165, 1.54) is 14.0 Å². The fraction of sp³-hybridized carbons (Fsp3) is 0.407. The second-order valence-corrected chi connectivity index (χ2v) is 9.57. The van der Waals surface area contributed by atoms with E-state index in [0.29, 0.717) is 25.0 Å². The van der Waals surface area contributed by atoms with E-state index in [1.807, 2.05) is 18.2 Å². The minimum atomic E-state index is -5.00.